The number of amides is 2. The molecular formula is C27H21N3O2S3. The molecule has 1 unspecified atom stereocenters. The molecule has 0 aliphatic heterocycles. The average molecular weight is 516 g/mol. The predicted octanol–water partition coefficient (Wildman–Crippen LogP) is 7.10. The molecule has 2 N–H and O–H groups in total. The maximum absolute atomic E-state index is 13.1. The van der Waals surface area contributed by atoms with Crippen LogP contribution in [-0.2, 0) is 4.79 Å². The van der Waals surface area contributed by atoms with Gasteiger partial charge in [0.05, 0.1) is 22.2 Å². The first-order valence-electron chi connectivity index (χ1n) is 11.0. The van der Waals surface area contributed by atoms with Gasteiger partial charge in [0, 0.05) is 10.4 Å². The summed E-state index contributed by atoms with van der Waals surface area (Å²) < 4.78 is 0. The number of aromatic nitrogens is 1. The van der Waals surface area contributed by atoms with Crippen molar-refractivity contribution in [2.75, 3.05) is 5.32 Å². The summed E-state index contributed by atoms with van der Waals surface area (Å²) in [6.45, 7) is 0. The predicted molar refractivity (Wildman–Crippen MR) is 145 cm³/mol. The van der Waals surface area contributed by atoms with Crippen LogP contribution in [0.15, 0.2) is 95.7 Å². The minimum absolute atomic E-state index is 0.0881. The molecular weight excluding hydrogens is 495 g/mol. The Morgan fingerprint density at radius 3 is 2.11 bits per heavy atom. The first-order chi connectivity index (χ1) is 17.2. The molecule has 0 saturated heterocycles. The lowest BCUT2D eigenvalue weighted by atomic mass is 10.0. The molecule has 174 valence electrons. The fraction of sp³-hybridized carbons (Fsp3) is 0.0741. The van der Waals surface area contributed by atoms with Crippen LogP contribution < -0.4 is 10.6 Å². The van der Waals surface area contributed by atoms with Crippen molar-refractivity contribution in [3.63, 3.8) is 0 Å². The Balaban J connectivity index is 1.36. The Labute approximate surface area is 215 Å². The zero-order valence-electron chi connectivity index (χ0n) is 18.5. The fourth-order valence-corrected chi connectivity index (χ4v) is 6.29. The van der Waals surface area contributed by atoms with Crippen LogP contribution >= 0.6 is 34.0 Å². The van der Waals surface area contributed by atoms with E-state index in [9.17, 15) is 9.59 Å². The van der Waals surface area contributed by atoms with Gasteiger partial charge < -0.3 is 10.6 Å². The highest BCUT2D eigenvalue weighted by molar-refractivity contribution is 7.24. The number of nitrogens with one attached hydrogen (secondary N) is 2. The molecule has 2 amide bonds. The van der Waals surface area contributed by atoms with Gasteiger partial charge >= 0.3 is 0 Å². The quantitative estimate of drug-likeness (QED) is 0.232. The molecule has 0 saturated carbocycles. The number of thiazole rings is 1. The molecule has 3 aromatic heterocycles. The Hall–Kier alpha value is -3.59. The average Bonchev–Trinajstić information content (AvgIpc) is 3.66. The molecule has 5 nitrogen and oxygen atoms in total. The first kappa shape index (κ1) is 23.2. The summed E-state index contributed by atoms with van der Waals surface area (Å²) in [5, 5.41) is 10.6. The zero-order valence-corrected chi connectivity index (χ0v) is 21.0. The number of carbonyl (C=O) groups is 2. The second-order valence-electron chi connectivity index (χ2n) is 7.71. The second-order valence-corrected chi connectivity index (χ2v) is 10.6. The maximum Gasteiger partial charge on any atom is 0.251 e. The third-order valence-electron chi connectivity index (χ3n) is 5.31. The standard InChI is InChI=1S/C27H21N3O2S3/c31-23(17-20(18-9-3-1-4-10-18)28-26(32)19-11-5-2-6-12-19)29-27-30-24(21-13-7-15-33-21)25(35-27)22-14-8-16-34-22/h1-16,20H,17H2,(H,28,32)(H,29,30,31). The van der Waals surface area contributed by atoms with Gasteiger partial charge in [0.1, 0.15) is 5.69 Å². The lowest BCUT2D eigenvalue weighted by molar-refractivity contribution is -0.116. The molecule has 1 atom stereocenters. The fourth-order valence-electron chi connectivity index (χ4n) is 3.65. The van der Waals surface area contributed by atoms with Gasteiger partial charge in [-0.3, -0.25) is 9.59 Å². The van der Waals surface area contributed by atoms with Crippen LogP contribution in [0.25, 0.3) is 20.3 Å². The van der Waals surface area contributed by atoms with Crippen molar-refractivity contribution in [1.82, 2.24) is 10.3 Å². The van der Waals surface area contributed by atoms with Crippen LogP contribution in [0.2, 0.25) is 0 Å². The van der Waals surface area contributed by atoms with Gasteiger partial charge in [0.2, 0.25) is 5.91 Å². The third kappa shape index (κ3) is 5.57. The first-order valence-corrected chi connectivity index (χ1v) is 13.5. The molecule has 0 bridgehead atoms. The maximum atomic E-state index is 13.1. The van der Waals surface area contributed by atoms with Crippen molar-refractivity contribution in [3.05, 3.63) is 107 Å². The molecule has 5 aromatic rings. The highest BCUT2D eigenvalue weighted by Gasteiger charge is 2.22. The van der Waals surface area contributed by atoms with Crippen LogP contribution in [0, 0.1) is 0 Å². The Morgan fingerprint density at radius 1 is 0.800 bits per heavy atom. The van der Waals surface area contributed by atoms with Gasteiger partial charge in [0.25, 0.3) is 5.91 Å². The summed E-state index contributed by atoms with van der Waals surface area (Å²) in [7, 11) is 0. The normalized spacial score (nSPS) is 11.7. The van der Waals surface area contributed by atoms with Crippen molar-refractivity contribution in [2.24, 2.45) is 0 Å². The van der Waals surface area contributed by atoms with Gasteiger partial charge in [-0.1, -0.05) is 72.0 Å². The Kier molecular flexibility index (Phi) is 7.13. The van der Waals surface area contributed by atoms with Crippen LogP contribution in [-0.4, -0.2) is 16.8 Å². The van der Waals surface area contributed by atoms with Crippen LogP contribution in [0.5, 0.6) is 0 Å². The molecule has 0 fully saturated rings. The molecule has 5 rings (SSSR count). The molecule has 35 heavy (non-hydrogen) atoms. The van der Waals surface area contributed by atoms with E-state index in [1.54, 1.807) is 34.8 Å². The van der Waals surface area contributed by atoms with Crippen LogP contribution in [0.1, 0.15) is 28.4 Å². The molecule has 8 heteroatoms. The molecule has 0 aliphatic carbocycles. The molecule has 0 radical (unpaired) electrons. The van der Waals surface area contributed by atoms with E-state index in [0.717, 1.165) is 25.9 Å². The summed E-state index contributed by atoms with van der Waals surface area (Å²) in [4.78, 5) is 33.9. The number of rotatable bonds is 8. The van der Waals surface area contributed by atoms with E-state index in [1.807, 2.05) is 77.5 Å². The van der Waals surface area contributed by atoms with Gasteiger partial charge in [-0.25, -0.2) is 4.98 Å². The van der Waals surface area contributed by atoms with E-state index in [-0.39, 0.29) is 18.2 Å². The minimum Gasteiger partial charge on any atom is -0.345 e. The van der Waals surface area contributed by atoms with E-state index in [4.69, 9.17) is 4.98 Å². The largest absolute Gasteiger partial charge is 0.345 e. The Bertz CT molecular complexity index is 1350. The van der Waals surface area contributed by atoms with Crippen molar-refractivity contribution >= 4 is 51.0 Å². The number of nitrogens with zero attached hydrogens (tertiary/aromatic N) is 1. The van der Waals surface area contributed by atoms with E-state index in [0.29, 0.717) is 10.7 Å². The number of hydrogen-bond donors (Lipinski definition) is 2. The minimum atomic E-state index is -0.475. The molecule has 2 aromatic carbocycles. The van der Waals surface area contributed by atoms with Crippen molar-refractivity contribution in [3.8, 4) is 20.3 Å². The summed E-state index contributed by atoms with van der Waals surface area (Å²) in [6, 6.07) is 26.2. The summed E-state index contributed by atoms with van der Waals surface area (Å²) >= 11 is 4.73. The number of hydrogen-bond acceptors (Lipinski definition) is 6. The van der Waals surface area contributed by atoms with Crippen molar-refractivity contribution < 1.29 is 9.59 Å². The Morgan fingerprint density at radius 2 is 1.46 bits per heavy atom. The second kappa shape index (κ2) is 10.8. The molecule has 0 aliphatic rings. The summed E-state index contributed by atoms with van der Waals surface area (Å²) in [5.74, 6) is -0.433. The van der Waals surface area contributed by atoms with Crippen LogP contribution in [0.4, 0.5) is 5.13 Å². The molecule has 3 heterocycles. The van der Waals surface area contributed by atoms with Gasteiger partial charge in [-0.2, -0.15) is 0 Å². The van der Waals surface area contributed by atoms with E-state index >= 15 is 0 Å². The topological polar surface area (TPSA) is 71.1 Å². The monoisotopic (exact) mass is 515 g/mol. The van der Waals surface area contributed by atoms with E-state index in [2.05, 4.69) is 16.7 Å². The number of anilines is 1. The van der Waals surface area contributed by atoms with E-state index < -0.39 is 6.04 Å². The SMILES string of the molecule is O=C(CC(NC(=O)c1ccccc1)c1ccccc1)Nc1nc(-c2cccs2)c(-c2cccs2)s1. The highest BCUT2D eigenvalue weighted by Crippen LogP contribution is 2.42. The summed E-state index contributed by atoms with van der Waals surface area (Å²) in [5.41, 5.74) is 2.29. The van der Waals surface area contributed by atoms with Crippen molar-refractivity contribution in [1.29, 1.82) is 0 Å². The lowest BCUT2D eigenvalue weighted by Crippen LogP contribution is -2.31. The molecule has 0 spiro atoms. The van der Waals surface area contributed by atoms with Gasteiger partial charge in [-0.15, -0.1) is 22.7 Å². The zero-order chi connectivity index (χ0) is 24.0. The number of carbonyl (C=O) groups excluding carboxylic acids is 2. The van der Waals surface area contributed by atoms with Crippen LogP contribution in [0.3, 0.4) is 0 Å². The third-order valence-corrected chi connectivity index (χ3v) is 8.20. The summed E-state index contributed by atoms with van der Waals surface area (Å²) in [6.07, 6.45) is 0.0881. The highest BCUT2D eigenvalue weighted by atomic mass is 32.1. The smallest absolute Gasteiger partial charge is 0.251 e. The van der Waals surface area contributed by atoms with E-state index in [1.165, 1.54) is 11.3 Å². The number of benzene rings is 2. The van der Waals surface area contributed by atoms with Crippen molar-refractivity contribution in [2.45, 2.75) is 12.5 Å². The van der Waals surface area contributed by atoms with Gasteiger partial charge in [0.15, 0.2) is 5.13 Å². The lowest BCUT2D eigenvalue weighted by Gasteiger charge is -2.19. The number of thiophene rings is 2. The van der Waals surface area contributed by atoms with Gasteiger partial charge in [-0.05, 0) is 40.6 Å².